The summed E-state index contributed by atoms with van der Waals surface area (Å²) in [5.74, 6) is 3.13. The average molecular weight is 243 g/mol. The predicted octanol–water partition coefficient (Wildman–Crippen LogP) is 2.84. The first kappa shape index (κ1) is 13.9. The molecule has 0 N–H and O–H groups in total. The van der Waals surface area contributed by atoms with Crippen molar-refractivity contribution in [3.63, 3.8) is 0 Å². The van der Waals surface area contributed by atoms with Gasteiger partial charge in [-0.05, 0) is 36.3 Å². The molecule has 1 amide bonds. The van der Waals surface area contributed by atoms with Crippen LogP contribution in [0.4, 0.5) is 0 Å². The minimum atomic E-state index is 0.344. The first-order valence-electron chi connectivity index (χ1n) is 6.43. The molecule has 1 aliphatic heterocycles. The summed E-state index contributed by atoms with van der Waals surface area (Å²) in [6.45, 7) is 8.51. The van der Waals surface area contributed by atoms with Gasteiger partial charge >= 0.3 is 0 Å². The number of thiol groups is 1. The zero-order chi connectivity index (χ0) is 12.1. The van der Waals surface area contributed by atoms with Crippen molar-refractivity contribution in [2.75, 3.05) is 18.8 Å². The number of hydrogen-bond donors (Lipinski definition) is 1. The maximum atomic E-state index is 11.9. The lowest BCUT2D eigenvalue weighted by atomic mass is 9.89. The fourth-order valence-corrected chi connectivity index (χ4v) is 2.47. The SMILES string of the molecule is CC(CS)CN1CCC(C(C)C)CCC1=O. The van der Waals surface area contributed by atoms with E-state index in [0.29, 0.717) is 17.7 Å². The van der Waals surface area contributed by atoms with Gasteiger partial charge in [0, 0.05) is 19.5 Å². The summed E-state index contributed by atoms with van der Waals surface area (Å²) in [4.78, 5) is 14.0. The van der Waals surface area contributed by atoms with Crippen molar-refractivity contribution in [3.05, 3.63) is 0 Å². The van der Waals surface area contributed by atoms with Crippen LogP contribution in [0.3, 0.4) is 0 Å². The van der Waals surface area contributed by atoms with Crippen molar-refractivity contribution >= 4 is 18.5 Å². The van der Waals surface area contributed by atoms with E-state index in [1.54, 1.807) is 0 Å². The highest BCUT2D eigenvalue weighted by atomic mass is 32.1. The summed E-state index contributed by atoms with van der Waals surface area (Å²) in [6, 6.07) is 0. The summed E-state index contributed by atoms with van der Waals surface area (Å²) >= 11 is 4.28. The Morgan fingerprint density at radius 3 is 2.62 bits per heavy atom. The van der Waals surface area contributed by atoms with Crippen molar-refractivity contribution in [3.8, 4) is 0 Å². The van der Waals surface area contributed by atoms with Gasteiger partial charge in [-0.15, -0.1) is 0 Å². The van der Waals surface area contributed by atoms with E-state index in [2.05, 4.69) is 33.4 Å². The van der Waals surface area contributed by atoms with Crippen LogP contribution < -0.4 is 0 Å². The van der Waals surface area contributed by atoms with E-state index in [1.165, 1.54) is 6.42 Å². The summed E-state index contributed by atoms with van der Waals surface area (Å²) in [6.07, 6.45) is 2.98. The van der Waals surface area contributed by atoms with Crippen LogP contribution in [0.5, 0.6) is 0 Å². The molecule has 3 heteroatoms. The molecule has 0 bridgehead atoms. The highest BCUT2D eigenvalue weighted by Crippen LogP contribution is 2.25. The summed E-state index contributed by atoms with van der Waals surface area (Å²) in [5, 5.41) is 0. The van der Waals surface area contributed by atoms with Gasteiger partial charge in [0.15, 0.2) is 0 Å². The minimum Gasteiger partial charge on any atom is -0.342 e. The van der Waals surface area contributed by atoms with Crippen LogP contribution in [-0.4, -0.2) is 29.6 Å². The molecule has 0 aliphatic carbocycles. The molecule has 0 saturated carbocycles. The summed E-state index contributed by atoms with van der Waals surface area (Å²) in [7, 11) is 0. The Kier molecular flexibility index (Phi) is 5.67. The zero-order valence-corrected chi connectivity index (χ0v) is 11.7. The van der Waals surface area contributed by atoms with Crippen molar-refractivity contribution in [1.82, 2.24) is 4.90 Å². The molecule has 0 aromatic rings. The van der Waals surface area contributed by atoms with Gasteiger partial charge in [0.25, 0.3) is 0 Å². The minimum absolute atomic E-state index is 0.344. The van der Waals surface area contributed by atoms with Gasteiger partial charge in [-0.3, -0.25) is 4.79 Å². The lowest BCUT2D eigenvalue weighted by molar-refractivity contribution is -0.131. The number of nitrogens with zero attached hydrogens (tertiary/aromatic N) is 1. The topological polar surface area (TPSA) is 20.3 Å². The molecular formula is C13H25NOS. The zero-order valence-electron chi connectivity index (χ0n) is 10.8. The van der Waals surface area contributed by atoms with E-state index in [9.17, 15) is 4.79 Å². The molecule has 1 saturated heterocycles. The standard InChI is InChI=1S/C13H25NOS/c1-10(2)12-4-5-13(15)14(7-6-12)8-11(3)9-16/h10-12,16H,4-9H2,1-3H3. The number of amides is 1. The molecule has 2 nitrogen and oxygen atoms in total. The molecule has 0 aromatic heterocycles. The lowest BCUT2D eigenvalue weighted by Crippen LogP contribution is -2.34. The molecule has 0 radical (unpaired) electrons. The van der Waals surface area contributed by atoms with Gasteiger partial charge in [-0.2, -0.15) is 12.6 Å². The monoisotopic (exact) mass is 243 g/mol. The highest BCUT2D eigenvalue weighted by molar-refractivity contribution is 7.80. The van der Waals surface area contributed by atoms with E-state index in [-0.39, 0.29) is 0 Å². The Labute approximate surface area is 105 Å². The van der Waals surface area contributed by atoms with Crippen molar-refractivity contribution in [1.29, 1.82) is 0 Å². The fraction of sp³-hybridized carbons (Fsp3) is 0.923. The van der Waals surface area contributed by atoms with Crippen LogP contribution in [-0.2, 0) is 4.79 Å². The van der Waals surface area contributed by atoms with Crippen LogP contribution in [0.1, 0.15) is 40.0 Å². The number of hydrogen-bond acceptors (Lipinski definition) is 2. The maximum absolute atomic E-state index is 11.9. The average Bonchev–Trinajstić information content (AvgIpc) is 2.42. The van der Waals surface area contributed by atoms with Gasteiger partial charge in [0.05, 0.1) is 0 Å². The maximum Gasteiger partial charge on any atom is 0.222 e. The Morgan fingerprint density at radius 1 is 1.38 bits per heavy atom. The first-order valence-corrected chi connectivity index (χ1v) is 7.06. The Morgan fingerprint density at radius 2 is 2.06 bits per heavy atom. The number of carbonyl (C=O) groups is 1. The Hall–Kier alpha value is -0.180. The summed E-state index contributed by atoms with van der Waals surface area (Å²) in [5.41, 5.74) is 0. The molecule has 0 spiro atoms. The van der Waals surface area contributed by atoms with E-state index in [4.69, 9.17) is 0 Å². The van der Waals surface area contributed by atoms with Crippen LogP contribution in [0.15, 0.2) is 0 Å². The van der Waals surface area contributed by atoms with Crippen LogP contribution >= 0.6 is 12.6 Å². The molecule has 94 valence electrons. The van der Waals surface area contributed by atoms with Gasteiger partial charge in [0.1, 0.15) is 0 Å². The molecule has 16 heavy (non-hydrogen) atoms. The first-order chi connectivity index (χ1) is 7.54. The molecule has 2 atom stereocenters. The van der Waals surface area contributed by atoms with E-state index in [0.717, 1.165) is 37.6 Å². The largest absolute Gasteiger partial charge is 0.342 e. The number of rotatable bonds is 4. The van der Waals surface area contributed by atoms with E-state index < -0.39 is 0 Å². The van der Waals surface area contributed by atoms with Gasteiger partial charge < -0.3 is 4.90 Å². The molecule has 2 unspecified atom stereocenters. The predicted molar refractivity (Wildman–Crippen MR) is 71.8 cm³/mol. The molecule has 0 aromatic carbocycles. The molecular weight excluding hydrogens is 218 g/mol. The van der Waals surface area contributed by atoms with E-state index in [1.807, 2.05) is 4.90 Å². The number of carbonyl (C=O) groups excluding carboxylic acids is 1. The third-order valence-corrected chi connectivity index (χ3v) is 4.26. The Bertz CT molecular complexity index is 230. The molecule has 1 aliphatic rings. The van der Waals surface area contributed by atoms with Crippen LogP contribution in [0.25, 0.3) is 0 Å². The van der Waals surface area contributed by atoms with Gasteiger partial charge in [-0.1, -0.05) is 20.8 Å². The third-order valence-electron chi connectivity index (χ3n) is 3.64. The molecule has 1 fully saturated rings. The van der Waals surface area contributed by atoms with Crippen molar-refractivity contribution in [2.45, 2.75) is 40.0 Å². The van der Waals surface area contributed by atoms with Crippen molar-refractivity contribution in [2.24, 2.45) is 17.8 Å². The quantitative estimate of drug-likeness (QED) is 0.753. The highest BCUT2D eigenvalue weighted by Gasteiger charge is 2.24. The van der Waals surface area contributed by atoms with Gasteiger partial charge in [0.2, 0.25) is 5.91 Å². The molecule has 1 heterocycles. The lowest BCUT2D eigenvalue weighted by Gasteiger charge is -2.24. The third kappa shape index (κ3) is 4.00. The van der Waals surface area contributed by atoms with Gasteiger partial charge in [-0.25, -0.2) is 0 Å². The van der Waals surface area contributed by atoms with Crippen LogP contribution in [0.2, 0.25) is 0 Å². The van der Waals surface area contributed by atoms with Crippen LogP contribution in [0, 0.1) is 17.8 Å². The summed E-state index contributed by atoms with van der Waals surface area (Å²) < 4.78 is 0. The Balaban J connectivity index is 2.50. The van der Waals surface area contributed by atoms with E-state index >= 15 is 0 Å². The second kappa shape index (κ2) is 6.53. The molecule has 1 rings (SSSR count). The second-order valence-corrected chi connectivity index (χ2v) is 5.82. The smallest absolute Gasteiger partial charge is 0.222 e. The fourth-order valence-electron chi connectivity index (χ4n) is 2.35. The van der Waals surface area contributed by atoms with Crippen molar-refractivity contribution < 1.29 is 4.79 Å². The number of likely N-dealkylation sites (tertiary alicyclic amines) is 1. The normalized spacial score (nSPS) is 24.7. The second-order valence-electron chi connectivity index (χ2n) is 5.46.